The zero-order valence-corrected chi connectivity index (χ0v) is 8.70. The van der Waals surface area contributed by atoms with Crippen molar-refractivity contribution < 1.29 is 35.9 Å². The topological polar surface area (TPSA) is 29.5 Å². The highest BCUT2D eigenvalue weighted by atomic mass is 32.2. The third-order valence-corrected chi connectivity index (χ3v) is 3.71. The zero-order chi connectivity index (χ0) is 13.0. The highest BCUT2D eigenvalue weighted by Gasteiger charge is 2.65. The van der Waals surface area contributed by atoms with Crippen molar-refractivity contribution in [3.05, 3.63) is 0 Å². The van der Waals surface area contributed by atoms with Crippen LogP contribution in [0.4, 0.5) is 26.3 Å². The van der Waals surface area contributed by atoms with Gasteiger partial charge < -0.3 is 4.74 Å². The van der Waals surface area contributed by atoms with Crippen LogP contribution < -0.4 is 0 Å². The average Bonchev–Trinajstić information content (AvgIpc) is 2.63. The van der Waals surface area contributed by atoms with Crippen molar-refractivity contribution >= 4 is 17.7 Å². The number of fused-ring (bicyclic) bond motifs is 1. The smallest absolute Gasteiger partial charge is 0.435 e. The molecule has 3 atom stereocenters. The molecule has 2 saturated heterocycles. The number of cyclic esters (lactones) is 1. The predicted octanol–water partition coefficient (Wildman–Crippen LogP) is 1.74. The van der Waals surface area contributed by atoms with Crippen LogP contribution in [0.3, 0.4) is 0 Å². The van der Waals surface area contributed by atoms with Gasteiger partial charge in [-0.25, -0.2) is 4.90 Å². The van der Waals surface area contributed by atoms with Gasteiger partial charge in [0.05, 0.1) is 0 Å². The van der Waals surface area contributed by atoms with Crippen molar-refractivity contribution in [2.24, 2.45) is 0 Å². The third-order valence-electron chi connectivity index (χ3n) is 2.37. The van der Waals surface area contributed by atoms with Crippen LogP contribution in [0.2, 0.25) is 0 Å². The monoisotopic (exact) mass is 281 g/mol. The molecule has 0 saturated carbocycles. The SMILES string of the molecule is O=C1OC(C(F)(F)F)N2C(C(F)(F)F)SC[C@@H]12. The molecule has 0 radical (unpaired) electrons. The number of nitrogens with zero attached hydrogens (tertiary/aromatic N) is 1. The molecule has 0 aliphatic carbocycles. The first-order valence-electron chi connectivity index (χ1n) is 4.35. The number of halogens is 6. The number of rotatable bonds is 0. The summed E-state index contributed by atoms with van der Waals surface area (Å²) < 4.78 is 78.8. The maximum atomic E-state index is 12.5. The first-order valence-corrected chi connectivity index (χ1v) is 5.40. The molecule has 0 amide bonds. The number of alkyl halides is 6. The molecular weight excluding hydrogens is 276 g/mol. The van der Waals surface area contributed by atoms with E-state index in [4.69, 9.17) is 0 Å². The van der Waals surface area contributed by atoms with Gasteiger partial charge in [0.1, 0.15) is 6.04 Å². The normalized spacial score (nSPS) is 34.9. The van der Waals surface area contributed by atoms with Crippen molar-refractivity contribution in [1.29, 1.82) is 0 Å². The van der Waals surface area contributed by atoms with E-state index in [1.165, 1.54) is 0 Å². The summed E-state index contributed by atoms with van der Waals surface area (Å²) in [6, 6.07) is -1.47. The van der Waals surface area contributed by atoms with Crippen LogP contribution in [-0.4, -0.2) is 46.6 Å². The quantitative estimate of drug-likeness (QED) is 0.499. The summed E-state index contributed by atoms with van der Waals surface area (Å²) in [5, 5.41) is -2.36. The third kappa shape index (κ3) is 2.07. The van der Waals surface area contributed by atoms with E-state index in [1.807, 2.05) is 0 Å². The molecule has 2 unspecified atom stereocenters. The van der Waals surface area contributed by atoms with Crippen molar-refractivity contribution in [2.45, 2.75) is 30.0 Å². The van der Waals surface area contributed by atoms with Gasteiger partial charge in [0.15, 0.2) is 5.37 Å². The van der Waals surface area contributed by atoms with Crippen LogP contribution in [0.15, 0.2) is 0 Å². The van der Waals surface area contributed by atoms with Crippen LogP contribution in [-0.2, 0) is 9.53 Å². The van der Waals surface area contributed by atoms with Crippen LogP contribution in [0.1, 0.15) is 0 Å². The second-order valence-corrected chi connectivity index (χ2v) is 4.63. The van der Waals surface area contributed by atoms with Crippen molar-refractivity contribution in [3.63, 3.8) is 0 Å². The minimum atomic E-state index is -5.03. The molecule has 0 spiro atoms. The molecule has 0 aromatic heterocycles. The number of carbonyl (C=O) groups is 1. The summed E-state index contributed by atoms with van der Waals surface area (Å²) in [5.74, 6) is -1.61. The van der Waals surface area contributed by atoms with Crippen molar-refractivity contribution in [2.75, 3.05) is 5.75 Å². The molecule has 0 bridgehead atoms. The highest BCUT2D eigenvalue weighted by molar-refractivity contribution is 8.00. The van der Waals surface area contributed by atoms with E-state index in [-0.39, 0.29) is 22.4 Å². The Morgan fingerprint density at radius 2 is 1.76 bits per heavy atom. The van der Waals surface area contributed by atoms with E-state index < -0.39 is 36.0 Å². The van der Waals surface area contributed by atoms with E-state index in [9.17, 15) is 31.1 Å². The molecule has 2 heterocycles. The molecule has 3 nitrogen and oxygen atoms in total. The lowest BCUT2D eigenvalue weighted by Gasteiger charge is -2.28. The molecule has 0 aromatic carbocycles. The van der Waals surface area contributed by atoms with Crippen LogP contribution in [0, 0.1) is 0 Å². The standard InChI is InChI=1S/C7H5F6NO2S/c8-6(9,10)4-14-2(3(15)16-4)1-17-5(14)7(11,12)13/h2,4-5H,1H2/t2-,4?,5?/m0/s1. The molecule has 2 fully saturated rings. The van der Waals surface area contributed by atoms with Crippen LogP contribution in [0.25, 0.3) is 0 Å². The molecule has 2 aliphatic rings. The fraction of sp³-hybridized carbons (Fsp3) is 0.857. The fourth-order valence-electron chi connectivity index (χ4n) is 1.74. The van der Waals surface area contributed by atoms with Gasteiger partial charge in [0, 0.05) is 5.75 Å². The maximum absolute atomic E-state index is 12.5. The summed E-state index contributed by atoms with van der Waals surface area (Å²) >= 11 is 0.265. The van der Waals surface area contributed by atoms with Gasteiger partial charge in [0.2, 0.25) is 0 Å². The Morgan fingerprint density at radius 3 is 2.24 bits per heavy atom. The van der Waals surface area contributed by atoms with Crippen LogP contribution in [0.5, 0.6) is 0 Å². The Hall–Kier alpha value is -0.640. The Kier molecular flexibility index (Phi) is 2.77. The minimum absolute atomic E-state index is 0.0486. The number of ether oxygens (including phenoxy) is 1. The van der Waals surface area contributed by atoms with Gasteiger partial charge in [-0.3, -0.25) is 4.79 Å². The molecular formula is C7H5F6NO2S. The van der Waals surface area contributed by atoms with Gasteiger partial charge in [-0.2, -0.15) is 26.3 Å². The van der Waals surface area contributed by atoms with Gasteiger partial charge in [-0.15, -0.1) is 11.8 Å². The minimum Gasteiger partial charge on any atom is -0.435 e. The first-order chi connectivity index (χ1) is 7.62. The molecule has 17 heavy (non-hydrogen) atoms. The summed E-state index contributed by atoms with van der Waals surface area (Å²) in [6.07, 6.45) is -12.7. The summed E-state index contributed by atoms with van der Waals surface area (Å²) in [5.41, 5.74) is 0. The molecule has 2 aliphatic heterocycles. The van der Waals surface area contributed by atoms with Gasteiger partial charge in [-0.05, 0) is 0 Å². The number of esters is 1. The second-order valence-electron chi connectivity index (χ2n) is 3.52. The van der Waals surface area contributed by atoms with Gasteiger partial charge in [0.25, 0.3) is 6.23 Å². The Bertz CT molecular complexity index is 342. The highest BCUT2D eigenvalue weighted by Crippen LogP contribution is 2.47. The van der Waals surface area contributed by atoms with E-state index >= 15 is 0 Å². The van der Waals surface area contributed by atoms with Gasteiger partial charge >= 0.3 is 18.3 Å². The number of carbonyl (C=O) groups excluding carboxylic acids is 1. The second kappa shape index (κ2) is 3.67. The molecule has 10 heteroatoms. The summed E-state index contributed by atoms with van der Waals surface area (Å²) in [6.45, 7) is 0. The van der Waals surface area contributed by atoms with Gasteiger partial charge in [-0.1, -0.05) is 0 Å². The lowest BCUT2D eigenvalue weighted by atomic mass is 10.3. The fourth-order valence-corrected chi connectivity index (χ4v) is 3.03. The Labute approximate surface area is 95.1 Å². The zero-order valence-electron chi connectivity index (χ0n) is 7.88. The molecule has 0 aromatic rings. The van der Waals surface area contributed by atoms with E-state index in [0.717, 1.165) is 0 Å². The van der Waals surface area contributed by atoms with Crippen molar-refractivity contribution in [1.82, 2.24) is 4.90 Å². The molecule has 2 rings (SSSR count). The summed E-state index contributed by atoms with van der Waals surface area (Å²) in [4.78, 5) is 11.1. The van der Waals surface area contributed by atoms with Crippen LogP contribution >= 0.6 is 11.8 Å². The lowest BCUT2D eigenvalue weighted by molar-refractivity contribution is -0.256. The number of hydrogen-bond donors (Lipinski definition) is 0. The Morgan fingerprint density at radius 1 is 1.18 bits per heavy atom. The van der Waals surface area contributed by atoms with E-state index in [0.29, 0.717) is 0 Å². The molecule has 0 N–H and O–H groups in total. The Balaban J connectivity index is 2.31. The lowest BCUT2D eigenvalue weighted by Crippen LogP contribution is -2.51. The predicted molar refractivity (Wildman–Crippen MR) is 43.9 cm³/mol. The number of thioether (sulfide) groups is 1. The average molecular weight is 281 g/mol. The van der Waals surface area contributed by atoms with E-state index in [2.05, 4.69) is 4.74 Å². The van der Waals surface area contributed by atoms with Crippen molar-refractivity contribution in [3.8, 4) is 0 Å². The molecule has 98 valence electrons. The number of hydrogen-bond acceptors (Lipinski definition) is 4. The maximum Gasteiger partial charge on any atom is 0.440 e. The first kappa shape index (κ1) is 12.8. The van der Waals surface area contributed by atoms with E-state index in [1.54, 1.807) is 0 Å². The largest absolute Gasteiger partial charge is 0.440 e. The summed E-state index contributed by atoms with van der Waals surface area (Å²) in [7, 11) is 0.